The minimum absolute atomic E-state index is 0.511. The summed E-state index contributed by atoms with van der Waals surface area (Å²) in [6.45, 7) is 6.99. The summed E-state index contributed by atoms with van der Waals surface area (Å²) in [5.41, 5.74) is 0.511. The summed E-state index contributed by atoms with van der Waals surface area (Å²) < 4.78 is 0. The van der Waals surface area contributed by atoms with Crippen LogP contribution >= 0.6 is 12.2 Å². The molecule has 2 nitrogen and oxygen atoms in total. The number of hydrogen-bond acceptors (Lipinski definition) is 1. The SMILES string of the molecule is CC1(C)CCN(C(=S)NC2CCCCC2)CC1. The van der Waals surface area contributed by atoms with E-state index in [4.69, 9.17) is 12.2 Å². The minimum atomic E-state index is 0.511. The molecule has 0 unspecified atom stereocenters. The van der Waals surface area contributed by atoms with Crippen molar-refractivity contribution in [2.75, 3.05) is 13.1 Å². The van der Waals surface area contributed by atoms with Gasteiger partial charge in [-0.05, 0) is 43.3 Å². The van der Waals surface area contributed by atoms with Gasteiger partial charge in [0.05, 0.1) is 0 Å². The van der Waals surface area contributed by atoms with Crippen molar-refractivity contribution in [1.29, 1.82) is 0 Å². The highest BCUT2D eigenvalue weighted by atomic mass is 32.1. The van der Waals surface area contributed by atoms with Crippen LogP contribution in [0.5, 0.6) is 0 Å². The fourth-order valence-electron chi connectivity index (χ4n) is 2.83. The van der Waals surface area contributed by atoms with Crippen LogP contribution in [0, 0.1) is 5.41 Å². The van der Waals surface area contributed by atoms with E-state index in [0.29, 0.717) is 11.5 Å². The predicted octanol–water partition coefficient (Wildman–Crippen LogP) is 3.32. The molecule has 0 aromatic rings. The van der Waals surface area contributed by atoms with Crippen LogP contribution in [-0.4, -0.2) is 29.1 Å². The minimum Gasteiger partial charge on any atom is -0.360 e. The smallest absolute Gasteiger partial charge is 0.169 e. The maximum absolute atomic E-state index is 5.54. The van der Waals surface area contributed by atoms with Gasteiger partial charge in [-0.2, -0.15) is 0 Å². The number of thiocarbonyl (C=S) groups is 1. The zero-order valence-electron chi connectivity index (χ0n) is 11.3. The Morgan fingerprint density at radius 2 is 1.71 bits per heavy atom. The van der Waals surface area contributed by atoms with Gasteiger partial charge < -0.3 is 10.2 Å². The Hall–Kier alpha value is -0.310. The Balaban J connectivity index is 1.76. The molecule has 0 radical (unpaired) electrons. The molecule has 1 aliphatic carbocycles. The normalized spacial score (nSPS) is 25.6. The lowest BCUT2D eigenvalue weighted by atomic mass is 9.83. The molecule has 2 fully saturated rings. The van der Waals surface area contributed by atoms with Crippen LogP contribution in [0.4, 0.5) is 0 Å². The average Bonchev–Trinajstić information content (AvgIpc) is 2.30. The van der Waals surface area contributed by atoms with E-state index >= 15 is 0 Å². The standard InChI is InChI=1S/C14H26N2S/c1-14(2)8-10-16(11-9-14)13(17)15-12-6-4-3-5-7-12/h12H,3-11H2,1-2H3,(H,15,17). The quantitative estimate of drug-likeness (QED) is 0.723. The Labute approximate surface area is 111 Å². The summed E-state index contributed by atoms with van der Waals surface area (Å²) in [5, 5.41) is 4.58. The molecule has 0 bridgehead atoms. The van der Waals surface area contributed by atoms with Gasteiger partial charge in [-0.15, -0.1) is 0 Å². The number of rotatable bonds is 1. The maximum atomic E-state index is 5.54. The van der Waals surface area contributed by atoms with E-state index in [0.717, 1.165) is 18.2 Å². The summed E-state index contributed by atoms with van der Waals surface area (Å²) >= 11 is 5.54. The van der Waals surface area contributed by atoms with Gasteiger partial charge in [0.15, 0.2) is 5.11 Å². The lowest BCUT2D eigenvalue weighted by Gasteiger charge is -2.39. The van der Waals surface area contributed by atoms with Crippen LogP contribution in [0.3, 0.4) is 0 Å². The monoisotopic (exact) mass is 254 g/mol. The van der Waals surface area contributed by atoms with Gasteiger partial charge in [-0.25, -0.2) is 0 Å². The van der Waals surface area contributed by atoms with E-state index in [1.54, 1.807) is 0 Å². The first-order valence-electron chi connectivity index (χ1n) is 7.12. The molecule has 2 rings (SSSR count). The number of nitrogens with one attached hydrogen (secondary N) is 1. The molecule has 0 aromatic heterocycles. The first-order chi connectivity index (χ1) is 8.07. The van der Waals surface area contributed by atoms with Gasteiger partial charge in [0.1, 0.15) is 0 Å². The van der Waals surface area contributed by atoms with Gasteiger partial charge in [0.25, 0.3) is 0 Å². The first-order valence-corrected chi connectivity index (χ1v) is 7.53. The average molecular weight is 254 g/mol. The van der Waals surface area contributed by atoms with Crippen LogP contribution in [0.2, 0.25) is 0 Å². The predicted molar refractivity (Wildman–Crippen MR) is 77.2 cm³/mol. The van der Waals surface area contributed by atoms with E-state index in [9.17, 15) is 0 Å². The van der Waals surface area contributed by atoms with E-state index in [1.165, 1.54) is 44.9 Å². The zero-order chi connectivity index (χ0) is 12.3. The fourth-order valence-corrected chi connectivity index (χ4v) is 3.18. The van der Waals surface area contributed by atoms with Crippen LogP contribution in [-0.2, 0) is 0 Å². The number of piperidine rings is 1. The molecular weight excluding hydrogens is 228 g/mol. The third kappa shape index (κ3) is 3.84. The largest absolute Gasteiger partial charge is 0.360 e. The van der Waals surface area contributed by atoms with Gasteiger partial charge in [-0.3, -0.25) is 0 Å². The molecule has 17 heavy (non-hydrogen) atoms. The van der Waals surface area contributed by atoms with Crippen molar-refractivity contribution in [3.63, 3.8) is 0 Å². The highest BCUT2D eigenvalue weighted by Gasteiger charge is 2.27. The second kappa shape index (κ2) is 5.55. The van der Waals surface area contributed by atoms with Crippen molar-refractivity contribution < 1.29 is 0 Å². The molecule has 1 saturated heterocycles. The first kappa shape index (κ1) is 13.1. The lowest BCUT2D eigenvalue weighted by Crippen LogP contribution is -2.49. The Morgan fingerprint density at radius 1 is 1.12 bits per heavy atom. The third-order valence-corrected chi connectivity index (χ3v) is 4.71. The molecule has 0 spiro atoms. The van der Waals surface area contributed by atoms with Gasteiger partial charge >= 0.3 is 0 Å². The van der Waals surface area contributed by atoms with E-state index in [2.05, 4.69) is 24.1 Å². The Bertz CT molecular complexity index is 259. The molecule has 0 aromatic carbocycles. The molecule has 0 atom stereocenters. The number of hydrogen-bond donors (Lipinski definition) is 1. The molecule has 98 valence electrons. The van der Waals surface area contributed by atoms with Crippen molar-refractivity contribution in [1.82, 2.24) is 10.2 Å². The molecule has 1 saturated carbocycles. The summed E-state index contributed by atoms with van der Waals surface area (Å²) in [6, 6.07) is 0.645. The lowest BCUT2D eigenvalue weighted by molar-refractivity contribution is 0.186. The Kier molecular flexibility index (Phi) is 4.29. The zero-order valence-corrected chi connectivity index (χ0v) is 12.1. The van der Waals surface area contributed by atoms with Gasteiger partial charge in [0.2, 0.25) is 0 Å². The molecule has 2 aliphatic rings. The number of likely N-dealkylation sites (tertiary alicyclic amines) is 1. The molecular formula is C14H26N2S. The molecule has 1 N–H and O–H groups in total. The summed E-state index contributed by atoms with van der Waals surface area (Å²) in [5.74, 6) is 0. The van der Waals surface area contributed by atoms with Crippen molar-refractivity contribution in [3.8, 4) is 0 Å². The van der Waals surface area contributed by atoms with E-state index in [1.807, 2.05) is 0 Å². The molecule has 0 amide bonds. The fraction of sp³-hybridized carbons (Fsp3) is 0.929. The van der Waals surface area contributed by atoms with E-state index < -0.39 is 0 Å². The van der Waals surface area contributed by atoms with E-state index in [-0.39, 0.29) is 0 Å². The van der Waals surface area contributed by atoms with Crippen LogP contribution in [0.15, 0.2) is 0 Å². The van der Waals surface area contributed by atoms with Crippen molar-refractivity contribution in [3.05, 3.63) is 0 Å². The third-order valence-electron chi connectivity index (χ3n) is 4.34. The van der Waals surface area contributed by atoms with Crippen molar-refractivity contribution in [2.24, 2.45) is 5.41 Å². The van der Waals surface area contributed by atoms with Gasteiger partial charge in [-0.1, -0.05) is 33.1 Å². The Morgan fingerprint density at radius 3 is 2.29 bits per heavy atom. The van der Waals surface area contributed by atoms with Crippen LogP contribution < -0.4 is 5.32 Å². The molecule has 3 heteroatoms. The molecule has 1 aliphatic heterocycles. The van der Waals surface area contributed by atoms with Crippen molar-refractivity contribution in [2.45, 2.75) is 64.8 Å². The number of nitrogens with zero attached hydrogens (tertiary/aromatic N) is 1. The topological polar surface area (TPSA) is 15.3 Å². The summed E-state index contributed by atoms with van der Waals surface area (Å²) in [7, 11) is 0. The summed E-state index contributed by atoms with van der Waals surface area (Å²) in [6.07, 6.45) is 9.28. The van der Waals surface area contributed by atoms with Crippen LogP contribution in [0.1, 0.15) is 58.8 Å². The van der Waals surface area contributed by atoms with Crippen molar-refractivity contribution >= 4 is 17.3 Å². The van der Waals surface area contributed by atoms with Gasteiger partial charge in [0, 0.05) is 19.1 Å². The second-order valence-electron chi connectivity index (χ2n) is 6.44. The highest BCUT2D eigenvalue weighted by Crippen LogP contribution is 2.29. The second-order valence-corrected chi connectivity index (χ2v) is 6.82. The maximum Gasteiger partial charge on any atom is 0.169 e. The highest BCUT2D eigenvalue weighted by molar-refractivity contribution is 7.80. The molecule has 1 heterocycles. The van der Waals surface area contributed by atoms with Crippen LogP contribution in [0.25, 0.3) is 0 Å². The summed E-state index contributed by atoms with van der Waals surface area (Å²) in [4.78, 5) is 2.37.